The van der Waals surface area contributed by atoms with Crippen molar-refractivity contribution in [3.05, 3.63) is 23.5 Å². The number of ether oxygens (including phenoxy) is 1. The lowest BCUT2D eigenvalue weighted by atomic mass is 9.97. The Morgan fingerprint density at radius 3 is 2.83 bits per heavy atom. The number of methoxy groups -OCH3 is 1. The number of nitrogens with one attached hydrogen (secondary N) is 1. The molecule has 2 aliphatic heterocycles. The fourth-order valence-corrected chi connectivity index (χ4v) is 3.41. The Morgan fingerprint density at radius 1 is 1.38 bits per heavy atom. The van der Waals surface area contributed by atoms with Crippen LogP contribution in [0.25, 0.3) is 0 Å². The van der Waals surface area contributed by atoms with Gasteiger partial charge in [0.15, 0.2) is 0 Å². The number of pyridine rings is 1. The highest BCUT2D eigenvalue weighted by atomic mass is 16.5. The normalized spacial score (nSPS) is 22.2. The van der Waals surface area contributed by atoms with Crippen molar-refractivity contribution < 1.29 is 14.3 Å². The van der Waals surface area contributed by atoms with E-state index in [1.54, 1.807) is 24.4 Å². The quantitative estimate of drug-likeness (QED) is 0.866. The molecule has 1 N–H and O–H groups in total. The first kappa shape index (κ1) is 16.7. The Bertz CT molecular complexity index is 643. The smallest absolute Gasteiger partial charge is 0.253 e. The lowest BCUT2D eigenvalue weighted by molar-refractivity contribution is -0.141. The van der Waals surface area contributed by atoms with Crippen LogP contribution in [0.3, 0.4) is 0 Å². The van der Waals surface area contributed by atoms with Gasteiger partial charge < -0.3 is 15.0 Å². The summed E-state index contributed by atoms with van der Waals surface area (Å²) >= 11 is 0. The summed E-state index contributed by atoms with van der Waals surface area (Å²) < 4.78 is 5.21. The van der Waals surface area contributed by atoms with Crippen LogP contribution in [0.4, 0.5) is 0 Å². The molecule has 1 aromatic rings. The lowest BCUT2D eigenvalue weighted by Gasteiger charge is -2.46. The number of piperidine rings is 1. The van der Waals surface area contributed by atoms with Gasteiger partial charge in [-0.3, -0.25) is 19.5 Å². The van der Waals surface area contributed by atoms with Crippen LogP contribution in [-0.4, -0.2) is 72.5 Å². The van der Waals surface area contributed by atoms with Crippen molar-refractivity contribution in [1.29, 1.82) is 0 Å². The fraction of sp³-hybridized carbons (Fsp3) is 0.588. The van der Waals surface area contributed by atoms with Crippen LogP contribution in [-0.2, 0) is 4.79 Å². The molecule has 24 heavy (non-hydrogen) atoms. The topological polar surface area (TPSA) is 74.8 Å². The molecular weight excluding hydrogens is 308 g/mol. The first-order valence-electron chi connectivity index (χ1n) is 8.29. The number of aromatic nitrogens is 1. The van der Waals surface area contributed by atoms with Crippen molar-refractivity contribution in [3.63, 3.8) is 0 Å². The second-order valence-corrected chi connectivity index (χ2v) is 6.56. The first-order chi connectivity index (χ1) is 11.5. The van der Waals surface area contributed by atoms with Gasteiger partial charge in [0, 0.05) is 38.4 Å². The molecule has 0 radical (unpaired) electrons. The van der Waals surface area contributed by atoms with Gasteiger partial charge in [-0.25, -0.2) is 0 Å². The Morgan fingerprint density at radius 2 is 2.12 bits per heavy atom. The Balaban J connectivity index is 1.56. The van der Waals surface area contributed by atoms with Crippen molar-refractivity contribution in [1.82, 2.24) is 20.1 Å². The summed E-state index contributed by atoms with van der Waals surface area (Å²) in [5.41, 5.74) is 1.31. The molecule has 2 saturated heterocycles. The van der Waals surface area contributed by atoms with E-state index in [0.29, 0.717) is 24.4 Å². The summed E-state index contributed by atoms with van der Waals surface area (Å²) in [4.78, 5) is 32.6. The summed E-state index contributed by atoms with van der Waals surface area (Å²) in [6.45, 7) is 4.11. The van der Waals surface area contributed by atoms with Gasteiger partial charge in [-0.05, 0) is 19.8 Å². The SMILES string of the molecule is COc1cncc(C(=O)NC2CN(C3CCCN(C)C3=O)C2)c1C. The number of carbonyl (C=O) groups excluding carboxylic acids is 2. The van der Waals surface area contributed by atoms with Crippen LogP contribution in [0, 0.1) is 6.92 Å². The highest BCUT2D eigenvalue weighted by Crippen LogP contribution is 2.23. The van der Waals surface area contributed by atoms with E-state index in [2.05, 4.69) is 15.2 Å². The zero-order valence-electron chi connectivity index (χ0n) is 14.4. The second kappa shape index (κ2) is 6.76. The highest BCUT2D eigenvalue weighted by Gasteiger charge is 2.39. The molecule has 3 rings (SSSR count). The van der Waals surface area contributed by atoms with E-state index in [1.165, 1.54) is 0 Å². The molecule has 1 unspecified atom stereocenters. The molecule has 7 nitrogen and oxygen atoms in total. The number of rotatable bonds is 4. The third kappa shape index (κ3) is 3.08. The van der Waals surface area contributed by atoms with E-state index in [4.69, 9.17) is 4.74 Å². The van der Waals surface area contributed by atoms with Gasteiger partial charge in [0.2, 0.25) is 5.91 Å². The molecule has 0 aliphatic carbocycles. The minimum atomic E-state index is -0.143. The Hall–Kier alpha value is -2.15. The van der Waals surface area contributed by atoms with Gasteiger partial charge in [-0.15, -0.1) is 0 Å². The van der Waals surface area contributed by atoms with Gasteiger partial charge in [-0.2, -0.15) is 0 Å². The van der Waals surface area contributed by atoms with Crippen molar-refractivity contribution in [2.24, 2.45) is 0 Å². The maximum absolute atomic E-state index is 12.4. The standard InChI is InChI=1S/C17H24N4O3/c1-11-13(7-18-8-15(11)24-3)16(22)19-12-9-21(10-12)14-5-4-6-20(2)17(14)23/h7-8,12,14H,4-6,9-10H2,1-3H3,(H,19,22). The minimum Gasteiger partial charge on any atom is -0.495 e. The third-order valence-corrected chi connectivity index (χ3v) is 4.95. The maximum Gasteiger partial charge on any atom is 0.253 e. The Labute approximate surface area is 142 Å². The summed E-state index contributed by atoms with van der Waals surface area (Å²) in [6.07, 6.45) is 5.10. The minimum absolute atomic E-state index is 0.0304. The number of likely N-dealkylation sites (tertiary alicyclic amines) is 2. The van der Waals surface area contributed by atoms with Gasteiger partial charge in [0.05, 0.1) is 31.0 Å². The number of hydrogen-bond acceptors (Lipinski definition) is 5. The third-order valence-electron chi connectivity index (χ3n) is 4.95. The van der Waals surface area contributed by atoms with Crippen molar-refractivity contribution in [3.8, 4) is 5.75 Å². The maximum atomic E-state index is 12.4. The molecule has 7 heteroatoms. The molecule has 0 bridgehead atoms. The summed E-state index contributed by atoms with van der Waals surface area (Å²) in [5.74, 6) is 0.656. The molecule has 1 aromatic heterocycles. The number of amides is 2. The zero-order valence-corrected chi connectivity index (χ0v) is 14.4. The van der Waals surface area contributed by atoms with Gasteiger partial charge in [-0.1, -0.05) is 0 Å². The first-order valence-corrected chi connectivity index (χ1v) is 8.29. The summed E-state index contributed by atoms with van der Waals surface area (Å²) in [5, 5.41) is 3.02. The largest absolute Gasteiger partial charge is 0.495 e. The van der Waals surface area contributed by atoms with Gasteiger partial charge in [0.25, 0.3) is 5.91 Å². The van der Waals surface area contributed by atoms with Crippen molar-refractivity contribution >= 4 is 11.8 Å². The highest BCUT2D eigenvalue weighted by molar-refractivity contribution is 5.96. The van der Waals surface area contributed by atoms with Gasteiger partial charge >= 0.3 is 0 Å². The van der Waals surface area contributed by atoms with Crippen LogP contribution < -0.4 is 10.1 Å². The molecule has 130 valence electrons. The second-order valence-electron chi connectivity index (χ2n) is 6.56. The number of carbonyl (C=O) groups is 2. The van der Waals surface area contributed by atoms with E-state index in [-0.39, 0.29) is 23.9 Å². The van der Waals surface area contributed by atoms with Gasteiger partial charge in [0.1, 0.15) is 5.75 Å². The summed E-state index contributed by atoms with van der Waals surface area (Å²) in [6, 6.07) is 0.0419. The summed E-state index contributed by atoms with van der Waals surface area (Å²) in [7, 11) is 3.42. The van der Waals surface area contributed by atoms with Crippen LogP contribution >= 0.6 is 0 Å². The molecule has 1 atom stereocenters. The van der Waals surface area contributed by atoms with Crippen molar-refractivity contribution in [2.75, 3.05) is 33.8 Å². The van der Waals surface area contributed by atoms with Crippen molar-refractivity contribution in [2.45, 2.75) is 31.8 Å². The average molecular weight is 332 g/mol. The molecule has 0 spiro atoms. The molecule has 0 saturated carbocycles. The monoisotopic (exact) mass is 332 g/mol. The Kier molecular flexibility index (Phi) is 4.71. The molecule has 2 fully saturated rings. The lowest BCUT2D eigenvalue weighted by Crippen LogP contribution is -2.65. The zero-order chi connectivity index (χ0) is 17.3. The molecule has 2 aliphatic rings. The molecule has 3 heterocycles. The van der Waals surface area contributed by atoms with Crippen LogP contribution in [0.2, 0.25) is 0 Å². The van der Waals surface area contributed by atoms with E-state index in [1.807, 2.05) is 14.0 Å². The van der Waals surface area contributed by atoms with Crippen LogP contribution in [0.5, 0.6) is 5.75 Å². The van der Waals surface area contributed by atoms with E-state index in [9.17, 15) is 9.59 Å². The fourth-order valence-electron chi connectivity index (χ4n) is 3.41. The number of likely N-dealkylation sites (N-methyl/N-ethyl adjacent to an activating group) is 1. The predicted octanol–water partition coefficient (Wildman–Crippen LogP) is 0.433. The van der Waals surface area contributed by atoms with Crippen LogP contribution in [0.15, 0.2) is 12.4 Å². The predicted molar refractivity (Wildman–Crippen MR) is 89.0 cm³/mol. The molecule has 2 amide bonds. The number of nitrogens with zero attached hydrogens (tertiary/aromatic N) is 3. The van der Waals surface area contributed by atoms with Crippen LogP contribution in [0.1, 0.15) is 28.8 Å². The van der Waals surface area contributed by atoms with E-state index in [0.717, 1.165) is 24.9 Å². The van der Waals surface area contributed by atoms with E-state index < -0.39 is 0 Å². The molecule has 0 aromatic carbocycles. The van der Waals surface area contributed by atoms with E-state index >= 15 is 0 Å². The molecular formula is C17H24N4O3. The number of hydrogen-bond donors (Lipinski definition) is 1. The average Bonchev–Trinajstić information content (AvgIpc) is 2.53.